The van der Waals surface area contributed by atoms with Crippen molar-refractivity contribution >= 4 is 50.5 Å². The smallest absolute Gasteiger partial charge is 0.291 e. The highest BCUT2D eigenvalue weighted by molar-refractivity contribution is 7.89. The monoisotopic (exact) mass is 486 g/mol. The van der Waals surface area contributed by atoms with E-state index in [0.717, 1.165) is 10.2 Å². The fourth-order valence-electron chi connectivity index (χ4n) is 2.56. The predicted molar refractivity (Wildman–Crippen MR) is 120 cm³/mol. The van der Waals surface area contributed by atoms with E-state index in [1.807, 2.05) is 6.92 Å². The van der Waals surface area contributed by atoms with Crippen LogP contribution in [0.1, 0.15) is 5.56 Å². The van der Waals surface area contributed by atoms with Crippen LogP contribution in [-0.4, -0.2) is 31.3 Å². The Morgan fingerprint density at radius 1 is 1.00 bits per heavy atom. The van der Waals surface area contributed by atoms with Crippen LogP contribution in [0.25, 0.3) is 5.69 Å². The van der Waals surface area contributed by atoms with Gasteiger partial charge in [0, 0.05) is 13.1 Å². The molecule has 1 aromatic heterocycles. The van der Waals surface area contributed by atoms with Crippen molar-refractivity contribution in [1.82, 2.24) is 14.5 Å². The second-order valence-corrected chi connectivity index (χ2v) is 9.28. The van der Waals surface area contributed by atoms with Crippen molar-refractivity contribution < 1.29 is 8.42 Å². The van der Waals surface area contributed by atoms with Gasteiger partial charge in [-0.1, -0.05) is 52.5 Å². The standard InChI is InChI=1S/C19H17Cl3N4O3S/c1-12-2-5-14(6-3-12)30(28,29)25-9-8-23-17-7-4-13(10-15(17)20)26-19(27)18(22)16(21)11-24-26/h2-7,10-11,23,25H,8-9H2,1H3. The third-order valence-electron chi connectivity index (χ3n) is 4.14. The maximum Gasteiger partial charge on any atom is 0.291 e. The minimum atomic E-state index is -3.59. The topological polar surface area (TPSA) is 93.1 Å². The summed E-state index contributed by atoms with van der Waals surface area (Å²) in [5.41, 5.74) is 1.40. The average Bonchev–Trinajstić information content (AvgIpc) is 2.71. The molecule has 30 heavy (non-hydrogen) atoms. The first-order valence-corrected chi connectivity index (χ1v) is 11.3. The molecular formula is C19H17Cl3N4O3S. The first-order chi connectivity index (χ1) is 14.2. The molecule has 11 heteroatoms. The molecule has 3 rings (SSSR count). The third-order valence-corrected chi connectivity index (χ3v) is 6.68. The number of benzene rings is 2. The Kier molecular flexibility index (Phi) is 7.05. The first-order valence-electron chi connectivity index (χ1n) is 8.72. The summed E-state index contributed by atoms with van der Waals surface area (Å²) in [5, 5.41) is 7.25. The van der Waals surface area contributed by atoms with Crippen molar-refractivity contribution in [3.05, 3.63) is 79.6 Å². The van der Waals surface area contributed by atoms with Crippen LogP contribution in [0.15, 0.2) is 58.4 Å². The second kappa shape index (κ2) is 9.36. The summed E-state index contributed by atoms with van der Waals surface area (Å²) < 4.78 is 28.2. The lowest BCUT2D eigenvalue weighted by atomic mass is 10.2. The number of hydrogen-bond donors (Lipinski definition) is 2. The molecule has 7 nitrogen and oxygen atoms in total. The SMILES string of the molecule is Cc1ccc(S(=O)(=O)NCCNc2ccc(-n3ncc(Cl)c(Cl)c3=O)cc2Cl)cc1. The van der Waals surface area contributed by atoms with Gasteiger partial charge in [-0.15, -0.1) is 0 Å². The molecule has 2 N–H and O–H groups in total. The van der Waals surface area contributed by atoms with Gasteiger partial charge >= 0.3 is 0 Å². The van der Waals surface area contributed by atoms with E-state index in [2.05, 4.69) is 15.1 Å². The molecule has 0 radical (unpaired) electrons. The van der Waals surface area contributed by atoms with Gasteiger partial charge in [-0.25, -0.2) is 13.1 Å². The van der Waals surface area contributed by atoms with Gasteiger partial charge in [0.1, 0.15) is 5.02 Å². The summed E-state index contributed by atoms with van der Waals surface area (Å²) in [6.07, 6.45) is 1.27. The van der Waals surface area contributed by atoms with Gasteiger partial charge in [0.05, 0.1) is 32.5 Å². The predicted octanol–water partition coefficient (Wildman–Crippen LogP) is 3.89. The average molecular weight is 488 g/mol. The highest BCUT2D eigenvalue weighted by Gasteiger charge is 2.13. The molecule has 1 heterocycles. The van der Waals surface area contributed by atoms with Gasteiger partial charge in [-0.2, -0.15) is 9.78 Å². The number of rotatable bonds is 7. The number of aromatic nitrogens is 2. The van der Waals surface area contributed by atoms with E-state index < -0.39 is 15.6 Å². The molecule has 0 fully saturated rings. The fourth-order valence-corrected chi connectivity index (χ4v) is 4.09. The van der Waals surface area contributed by atoms with E-state index in [4.69, 9.17) is 34.8 Å². The summed E-state index contributed by atoms with van der Waals surface area (Å²) in [4.78, 5) is 12.4. The molecule has 0 unspecified atom stereocenters. The first kappa shape index (κ1) is 22.6. The summed E-state index contributed by atoms with van der Waals surface area (Å²) >= 11 is 17.9. The van der Waals surface area contributed by atoms with E-state index in [9.17, 15) is 13.2 Å². The Morgan fingerprint density at radius 3 is 2.37 bits per heavy atom. The van der Waals surface area contributed by atoms with Gasteiger partial charge in [0.15, 0.2) is 0 Å². The number of sulfonamides is 1. The molecule has 0 aliphatic heterocycles. The van der Waals surface area contributed by atoms with Gasteiger partial charge in [0.2, 0.25) is 10.0 Å². The lowest BCUT2D eigenvalue weighted by molar-refractivity contribution is 0.583. The van der Waals surface area contributed by atoms with Gasteiger partial charge in [-0.05, 0) is 37.3 Å². The van der Waals surface area contributed by atoms with Crippen LogP contribution in [-0.2, 0) is 10.0 Å². The number of nitrogens with one attached hydrogen (secondary N) is 2. The number of anilines is 1. The van der Waals surface area contributed by atoms with Crippen LogP contribution in [0.4, 0.5) is 5.69 Å². The summed E-state index contributed by atoms with van der Waals surface area (Å²) in [5.74, 6) is 0. The van der Waals surface area contributed by atoms with Crippen LogP contribution in [0.3, 0.4) is 0 Å². The van der Waals surface area contributed by atoms with Crippen molar-refractivity contribution in [2.45, 2.75) is 11.8 Å². The molecular weight excluding hydrogens is 471 g/mol. The maximum atomic E-state index is 12.3. The molecule has 158 valence electrons. The fraction of sp³-hybridized carbons (Fsp3) is 0.158. The zero-order valence-corrected chi connectivity index (χ0v) is 18.8. The molecule has 0 amide bonds. The highest BCUT2D eigenvalue weighted by Crippen LogP contribution is 2.24. The molecule has 0 aliphatic rings. The van der Waals surface area contributed by atoms with Crippen molar-refractivity contribution in [3.63, 3.8) is 0 Å². The van der Waals surface area contributed by atoms with Crippen molar-refractivity contribution in [3.8, 4) is 5.69 Å². The van der Waals surface area contributed by atoms with Crippen LogP contribution >= 0.6 is 34.8 Å². The maximum absolute atomic E-state index is 12.3. The Labute approximate surface area is 188 Å². The van der Waals surface area contributed by atoms with Gasteiger partial charge in [-0.3, -0.25) is 4.79 Å². The molecule has 0 bridgehead atoms. The van der Waals surface area contributed by atoms with Crippen LogP contribution in [0.5, 0.6) is 0 Å². The normalized spacial score (nSPS) is 11.5. The van der Waals surface area contributed by atoms with E-state index in [1.54, 1.807) is 42.5 Å². The Bertz CT molecular complexity index is 1230. The summed E-state index contributed by atoms with van der Waals surface area (Å²) in [6, 6.07) is 11.4. The zero-order chi connectivity index (χ0) is 21.9. The lowest BCUT2D eigenvalue weighted by Crippen LogP contribution is -2.29. The lowest BCUT2D eigenvalue weighted by Gasteiger charge is -2.12. The van der Waals surface area contributed by atoms with E-state index >= 15 is 0 Å². The second-order valence-electron chi connectivity index (χ2n) is 6.33. The summed E-state index contributed by atoms with van der Waals surface area (Å²) in [6.45, 7) is 2.34. The number of aryl methyl sites for hydroxylation is 1. The molecule has 0 saturated carbocycles. The van der Waals surface area contributed by atoms with Crippen molar-refractivity contribution in [1.29, 1.82) is 0 Å². The van der Waals surface area contributed by atoms with Crippen molar-refractivity contribution in [2.24, 2.45) is 0 Å². The van der Waals surface area contributed by atoms with Crippen LogP contribution in [0.2, 0.25) is 15.1 Å². The molecule has 3 aromatic rings. The van der Waals surface area contributed by atoms with Gasteiger partial charge in [0.25, 0.3) is 5.56 Å². The number of nitrogens with zero attached hydrogens (tertiary/aromatic N) is 2. The van der Waals surface area contributed by atoms with E-state index in [1.165, 1.54) is 6.20 Å². The summed E-state index contributed by atoms with van der Waals surface area (Å²) in [7, 11) is -3.59. The molecule has 0 saturated heterocycles. The minimum Gasteiger partial charge on any atom is -0.383 e. The highest BCUT2D eigenvalue weighted by atomic mass is 35.5. The molecule has 2 aromatic carbocycles. The molecule has 0 aliphatic carbocycles. The number of hydrogen-bond acceptors (Lipinski definition) is 5. The van der Waals surface area contributed by atoms with E-state index in [-0.39, 0.29) is 21.5 Å². The van der Waals surface area contributed by atoms with Gasteiger partial charge < -0.3 is 5.32 Å². The quantitative estimate of drug-likeness (QED) is 0.493. The molecule has 0 atom stereocenters. The Balaban J connectivity index is 1.64. The van der Waals surface area contributed by atoms with Crippen LogP contribution < -0.4 is 15.6 Å². The third kappa shape index (κ3) is 5.14. The minimum absolute atomic E-state index is 0.0652. The molecule has 0 spiro atoms. The largest absolute Gasteiger partial charge is 0.383 e. The number of halogens is 3. The Hall–Kier alpha value is -2.10. The van der Waals surface area contributed by atoms with Crippen LogP contribution in [0, 0.1) is 6.92 Å². The Morgan fingerprint density at radius 2 is 1.70 bits per heavy atom. The van der Waals surface area contributed by atoms with Crippen molar-refractivity contribution in [2.75, 3.05) is 18.4 Å². The zero-order valence-electron chi connectivity index (χ0n) is 15.7. The van der Waals surface area contributed by atoms with E-state index in [0.29, 0.717) is 22.9 Å².